The van der Waals surface area contributed by atoms with Gasteiger partial charge in [0, 0.05) is 18.7 Å². The number of rotatable bonds is 8. The van der Waals surface area contributed by atoms with Gasteiger partial charge in [0.1, 0.15) is 0 Å². The van der Waals surface area contributed by atoms with Crippen molar-refractivity contribution in [3.63, 3.8) is 0 Å². The molecule has 16 heavy (non-hydrogen) atoms. The number of hydrogen-bond acceptors (Lipinski definition) is 4. The molecule has 1 aliphatic rings. The average Bonchev–Trinajstić information content (AvgIpc) is 2.16. The van der Waals surface area contributed by atoms with Crippen LogP contribution in [-0.2, 0) is 4.74 Å². The van der Waals surface area contributed by atoms with Crippen molar-refractivity contribution >= 4 is 0 Å². The van der Waals surface area contributed by atoms with Gasteiger partial charge in [-0.15, -0.1) is 0 Å². The highest BCUT2D eigenvalue weighted by molar-refractivity contribution is 4.95. The molecule has 3 N–H and O–H groups in total. The van der Waals surface area contributed by atoms with Gasteiger partial charge in [-0.2, -0.15) is 0 Å². The van der Waals surface area contributed by atoms with Gasteiger partial charge in [0.2, 0.25) is 0 Å². The second kappa shape index (κ2) is 6.55. The lowest BCUT2D eigenvalue weighted by Crippen LogP contribution is -2.56. The summed E-state index contributed by atoms with van der Waals surface area (Å²) in [4.78, 5) is 0. The van der Waals surface area contributed by atoms with Crippen LogP contribution in [0.5, 0.6) is 0 Å². The lowest BCUT2D eigenvalue weighted by atomic mass is 9.77. The van der Waals surface area contributed by atoms with Gasteiger partial charge < -0.3 is 20.3 Å². The maximum Gasteiger partial charge on any atom is 0.0897 e. The summed E-state index contributed by atoms with van der Waals surface area (Å²) in [5.41, 5.74) is -0.126. The molecule has 0 aliphatic heterocycles. The number of β-amino-alcohol motifs (C(OH)–C–C–N with tert-alkyl or cyclic N) is 1. The minimum Gasteiger partial charge on any atom is -0.394 e. The Hall–Kier alpha value is -0.160. The van der Waals surface area contributed by atoms with E-state index < -0.39 is 6.10 Å². The highest BCUT2D eigenvalue weighted by atomic mass is 16.5. The lowest BCUT2D eigenvalue weighted by Gasteiger charge is -2.41. The molecule has 1 rings (SSSR count). The molecule has 1 fully saturated rings. The molecule has 0 aromatic carbocycles. The molecule has 0 aromatic heterocycles. The van der Waals surface area contributed by atoms with Crippen LogP contribution >= 0.6 is 0 Å². The third-order valence-corrected chi connectivity index (χ3v) is 3.09. The van der Waals surface area contributed by atoms with Gasteiger partial charge in [0.25, 0.3) is 0 Å². The quantitative estimate of drug-likeness (QED) is 0.570. The van der Waals surface area contributed by atoms with Crippen LogP contribution in [-0.4, -0.2) is 48.2 Å². The molecule has 0 saturated heterocycles. The van der Waals surface area contributed by atoms with Crippen LogP contribution in [0.25, 0.3) is 0 Å². The number of hydrogen-bond donors (Lipinski definition) is 3. The molecular weight excluding hydrogens is 206 g/mol. The second-order valence-corrected chi connectivity index (χ2v) is 5.26. The monoisotopic (exact) mass is 231 g/mol. The van der Waals surface area contributed by atoms with Crippen molar-refractivity contribution in [2.45, 2.75) is 44.8 Å². The Balaban J connectivity index is 2.07. The van der Waals surface area contributed by atoms with Gasteiger partial charge in [-0.25, -0.2) is 0 Å². The van der Waals surface area contributed by atoms with E-state index in [-0.39, 0.29) is 12.1 Å². The first kappa shape index (κ1) is 13.9. The van der Waals surface area contributed by atoms with Gasteiger partial charge in [0.15, 0.2) is 0 Å². The predicted molar refractivity (Wildman–Crippen MR) is 63.3 cm³/mol. The average molecular weight is 231 g/mol. The van der Waals surface area contributed by atoms with Crippen LogP contribution in [0.4, 0.5) is 0 Å². The third-order valence-electron chi connectivity index (χ3n) is 3.09. The van der Waals surface area contributed by atoms with E-state index in [4.69, 9.17) is 4.74 Å². The Bertz CT molecular complexity index is 187. The first-order valence-corrected chi connectivity index (χ1v) is 6.20. The van der Waals surface area contributed by atoms with E-state index in [9.17, 15) is 10.2 Å². The van der Waals surface area contributed by atoms with Crippen LogP contribution < -0.4 is 5.32 Å². The van der Waals surface area contributed by atoms with Crippen molar-refractivity contribution in [3.05, 3.63) is 0 Å². The maximum atomic E-state index is 9.67. The molecule has 1 unspecified atom stereocenters. The fourth-order valence-electron chi connectivity index (χ4n) is 1.83. The van der Waals surface area contributed by atoms with E-state index in [1.807, 2.05) is 0 Å². The van der Waals surface area contributed by atoms with Gasteiger partial charge in [-0.1, -0.05) is 13.8 Å². The van der Waals surface area contributed by atoms with E-state index in [0.717, 1.165) is 19.3 Å². The number of aliphatic hydroxyl groups excluding tert-OH is 2. The molecule has 1 aliphatic carbocycles. The minimum absolute atomic E-state index is 0.126. The van der Waals surface area contributed by atoms with Gasteiger partial charge in [-0.3, -0.25) is 0 Å². The van der Waals surface area contributed by atoms with Crippen LogP contribution in [0, 0.1) is 5.92 Å². The standard InChI is InChI=1S/C12H25NO3/c1-10(2)7-16-8-11(15)6-13-12(9-14)4-3-5-12/h10-11,13-15H,3-9H2,1-2H3. The van der Waals surface area contributed by atoms with Gasteiger partial charge in [-0.05, 0) is 25.2 Å². The summed E-state index contributed by atoms with van der Waals surface area (Å²) in [5.74, 6) is 0.496. The maximum absolute atomic E-state index is 9.67. The zero-order valence-electron chi connectivity index (χ0n) is 10.4. The Kier molecular flexibility index (Phi) is 5.69. The Morgan fingerprint density at radius 2 is 2.00 bits per heavy atom. The highest BCUT2D eigenvalue weighted by Gasteiger charge is 2.35. The molecule has 0 bridgehead atoms. The van der Waals surface area contributed by atoms with Gasteiger partial charge in [0.05, 0.1) is 19.3 Å². The summed E-state index contributed by atoms with van der Waals surface area (Å²) >= 11 is 0. The van der Waals surface area contributed by atoms with E-state index in [0.29, 0.717) is 25.7 Å². The normalized spacial score (nSPS) is 20.8. The third kappa shape index (κ3) is 4.37. The molecule has 4 heteroatoms. The highest BCUT2D eigenvalue weighted by Crippen LogP contribution is 2.30. The Labute approximate surface area is 98.0 Å². The van der Waals surface area contributed by atoms with Crippen molar-refractivity contribution in [2.24, 2.45) is 5.92 Å². The molecule has 0 amide bonds. The van der Waals surface area contributed by atoms with Crippen molar-refractivity contribution in [3.8, 4) is 0 Å². The van der Waals surface area contributed by atoms with Crippen molar-refractivity contribution < 1.29 is 14.9 Å². The first-order valence-electron chi connectivity index (χ1n) is 6.20. The smallest absolute Gasteiger partial charge is 0.0897 e. The molecule has 4 nitrogen and oxygen atoms in total. The zero-order chi connectivity index (χ0) is 12.0. The summed E-state index contributed by atoms with van der Waals surface area (Å²) in [5, 5.41) is 22.1. The first-order chi connectivity index (χ1) is 7.58. The fraction of sp³-hybridized carbons (Fsp3) is 1.00. The van der Waals surface area contributed by atoms with E-state index in [2.05, 4.69) is 19.2 Å². The summed E-state index contributed by atoms with van der Waals surface area (Å²) < 4.78 is 5.35. The SMILES string of the molecule is CC(C)COCC(O)CNC1(CO)CCC1. The Morgan fingerprint density at radius 1 is 1.31 bits per heavy atom. The summed E-state index contributed by atoms with van der Waals surface area (Å²) in [6.45, 7) is 5.87. The summed E-state index contributed by atoms with van der Waals surface area (Å²) in [7, 11) is 0. The summed E-state index contributed by atoms with van der Waals surface area (Å²) in [6, 6.07) is 0. The zero-order valence-corrected chi connectivity index (χ0v) is 10.4. The minimum atomic E-state index is -0.484. The number of nitrogens with one attached hydrogen (secondary N) is 1. The second-order valence-electron chi connectivity index (χ2n) is 5.26. The topological polar surface area (TPSA) is 61.7 Å². The predicted octanol–water partition coefficient (Wildman–Crippen LogP) is 0.524. The molecule has 1 atom stereocenters. The fourth-order valence-corrected chi connectivity index (χ4v) is 1.83. The van der Waals surface area contributed by atoms with Crippen LogP contribution in [0.1, 0.15) is 33.1 Å². The number of aliphatic hydroxyl groups is 2. The summed E-state index contributed by atoms with van der Waals surface area (Å²) in [6.07, 6.45) is 2.68. The van der Waals surface area contributed by atoms with Crippen LogP contribution in [0.2, 0.25) is 0 Å². The lowest BCUT2D eigenvalue weighted by molar-refractivity contribution is 0.0118. The molecule has 0 aromatic rings. The Morgan fingerprint density at radius 3 is 2.44 bits per heavy atom. The van der Waals surface area contributed by atoms with E-state index in [1.165, 1.54) is 0 Å². The molecule has 96 valence electrons. The van der Waals surface area contributed by atoms with E-state index >= 15 is 0 Å². The molecular formula is C12H25NO3. The molecule has 0 spiro atoms. The molecule has 0 heterocycles. The van der Waals surface area contributed by atoms with Gasteiger partial charge >= 0.3 is 0 Å². The van der Waals surface area contributed by atoms with Crippen molar-refractivity contribution in [1.29, 1.82) is 0 Å². The number of ether oxygens (including phenoxy) is 1. The van der Waals surface area contributed by atoms with Crippen LogP contribution in [0.15, 0.2) is 0 Å². The molecule has 0 radical (unpaired) electrons. The van der Waals surface area contributed by atoms with E-state index in [1.54, 1.807) is 0 Å². The van der Waals surface area contributed by atoms with Crippen molar-refractivity contribution in [1.82, 2.24) is 5.32 Å². The largest absolute Gasteiger partial charge is 0.394 e. The molecule has 1 saturated carbocycles. The van der Waals surface area contributed by atoms with Crippen molar-refractivity contribution in [2.75, 3.05) is 26.4 Å². The van der Waals surface area contributed by atoms with Crippen LogP contribution in [0.3, 0.4) is 0 Å².